The number of fused-ring (bicyclic) bond motifs is 2. The molecule has 6 heteroatoms. The van der Waals surface area contributed by atoms with Crippen molar-refractivity contribution in [1.82, 2.24) is 24.5 Å². The van der Waals surface area contributed by atoms with Gasteiger partial charge >= 0.3 is 0 Å². The SMILES string of the molecule is CCC(=O)CN1CCC(c2ccc3[nH]c(-c4ccc5ncnn5c4)c(C(C)C)c3c2)CC1. The van der Waals surface area contributed by atoms with Gasteiger partial charge in [0.15, 0.2) is 5.65 Å². The number of Topliss-reactive ketones (excluding diaryl/α,β-unsaturated/α-hetero) is 1. The minimum atomic E-state index is 0.343. The van der Waals surface area contributed by atoms with Crippen molar-refractivity contribution in [3.05, 3.63) is 54.0 Å². The van der Waals surface area contributed by atoms with Gasteiger partial charge in [-0.05, 0) is 73.2 Å². The molecule has 0 aliphatic carbocycles. The maximum Gasteiger partial charge on any atom is 0.155 e. The van der Waals surface area contributed by atoms with Crippen molar-refractivity contribution >= 4 is 22.3 Å². The summed E-state index contributed by atoms with van der Waals surface area (Å²) in [7, 11) is 0. The Labute approximate surface area is 188 Å². The molecule has 0 amide bonds. The Kier molecular flexibility index (Phi) is 5.55. The second-order valence-corrected chi connectivity index (χ2v) is 9.30. The van der Waals surface area contributed by atoms with Crippen LogP contribution in [0.4, 0.5) is 0 Å². The number of benzene rings is 1. The van der Waals surface area contributed by atoms with Crippen LogP contribution < -0.4 is 0 Å². The summed E-state index contributed by atoms with van der Waals surface area (Å²) in [5.74, 6) is 1.29. The fourth-order valence-electron chi connectivity index (χ4n) is 5.06. The number of nitrogens with one attached hydrogen (secondary N) is 1. The average Bonchev–Trinajstić information content (AvgIpc) is 3.42. The topological polar surface area (TPSA) is 66.3 Å². The normalized spacial score (nSPS) is 15.9. The van der Waals surface area contributed by atoms with Crippen LogP contribution in [-0.4, -0.2) is 49.9 Å². The molecule has 0 unspecified atom stereocenters. The third kappa shape index (κ3) is 3.84. The van der Waals surface area contributed by atoms with Crippen molar-refractivity contribution in [3.63, 3.8) is 0 Å². The molecule has 6 nitrogen and oxygen atoms in total. The van der Waals surface area contributed by atoms with E-state index in [9.17, 15) is 4.79 Å². The molecule has 1 saturated heterocycles. The van der Waals surface area contributed by atoms with Crippen molar-refractivity contribution in [3.8, 4) is 11.3 Å². The van der Waals surface area contributed by atoms with E-state index in [0.29, 0.717) is 30.6 Å². The van der Waals surface area contributed by atoms with E-state index < -0.39 is 0 Å². The molecule has 1 aliphatic rings. The van der Waals surface area contributed by atoms with Gasteiger partial charge in [0.2, 0.25) is 0 Å². The first kappa shape index (κ1) is 20.9. The molecule has 4 aromatic rings. The Hall–Kier alpha value is -2.99. The second kappa shape index (κ2) is 8.51. The molecular weight excluding hydrogens is 398 g/mol. The number of H-pyrrole nitrogens is 1. The van der Waals surface area contributed by atoms with Crippen LogP contribution in [0.5, 0.6) is 0 Å². The lowest BCUT2D eigenvalue weighted by Gasteiger charge is -2.31. The Morgan fingerprint density at radius 3 is 2.75 bits per heavy atom. The number of hydrogen-bond acceptors (Lipinski definition) is 4. The number of carbonyl (C=O) groups excluding carboxylic acids is 1. The third-order valence-corrected chi connectivity index (χ3v) is 6.86. The van der Waals surface area contributed by atoms with E-state index >= 15 is 0 Å². The maximum absolute atomic E-state index is 11.8. The standard InChI is InChI=1S/C26H31N5O/c1-4-21(32)15-30-11-9-18(10-12-30)19-5-7-23-22(13-19)25(17(2)3)26(29-23)20-6-8-24-27-16-28-31(24)14-20/h5-8,13-14,16-18,29H,4,9-12,15H2,1-3H3. The van der Waals surface area contributed by atoms with E-state index in [1.165, 1.54) is 22.0 Å². The number of carbonyl (C=O) groups is 1. The zero-order valence-corrected chi connectivity index (χ0v) is 19.1. The van der Waals surface area contributed by atoms with E-state index in [-0.39, 0.29) is 0 Å². The molecule has 5 rings (SSSR count). The van der Waals surface area contributed by atoms with Crippen LogP contribution in [0.15, 0.2) is 42.9 Å². The van der Waals surface area contributed by atoms with Gasteiger partial charge in [-0.25, -0.2) is 9.50 Å². The number of hydrogen-bond donors (Lipinski definition) is 1. The molecule has 32 heavy (non-hydrogen) atoms. The highest BCUT2D eigenvalue weighted by Gasteiger charge is 2.23. The molecule has 3 aromatic heterocycles. The van der Waals surface area contributed by atoms with Crippen LogP contribution in [0.25, 0.3) is 27.8 Å². The highest BCUT2D eigenvalue weighted by atomic mass is 16.1. The third-order valence-electron chi connectivity index (χ3n) is 6.86. The van der Waals surface area contributed by atoms with Gasteiger partial charge in [0.1, 0.15) is 12.1 Å². The number of aromatic nitrogens is 4. The van der Waals surface area contributed by atoms with Gasteiger partial charge in [-0.15, -0.1) is 0 Å². The highest BCUT2D eigenvalue weighted by Crippen LogP contribution is 2.38. The molecule has 0 atom stereocenters. The van der Waals surface area contributed by atoms with Crippen LogP contribution in [-0.2, 0) is 4.79 Å². The van der Waals surface area contributed by atoms with Gasteiger partial charge in [-0.2, -0.15) is 5.10 Å². The predicted octanol–water partition coefficient (Wildman–Crippen LogP) is 5.16. The number of ketones is 1. The van der Waals surface area contributed by atoms with Crippen molar-refractivity contribution in [2.45, 2.75) is 51.9 Å². The lowest BCUT2D eigenvalue weighted by atomic mass is 9.87. The second-order valence-electron chi connectivity index (χ2n) is 9.30. The summed E-state index contributed by atoms with van der Waals surface area (Å²) in [6.45, 7) is 9.08. The quantitative estimate of drug-likeness (QED) is 0.460. The Morgan fingerprint density at radius 2 is 2.00 bits per heavy atom. The van der Waals surface area contributed by atoms with Crippen molar-refractivity contribution in [2.75, 3.05) is 19.6 Å². The van der Waals surface area contributed by atoms with Gasteiger partial charge in [-0.3, -0.25) is 9.69 Å². The van der Waals surface area contributed by atoms with Gasteiger partial charge < -0.3 is 4.98 Å². The minimum absolute atomic E-state index is 0.343. The van der Waals surface area contributed by atoms with Crippen LogP contribution in [0.3, 0.4) is 0 Å². The van der Waals surface area contributed by atoms with E-state index in [2.05, 4.69) is 58.1 Å². The van der Waals surface area contributed by atoms with Crippen molar-refractivity contribution in [1.29, 1.82) is 0 Å². The average molecular weight is 430 g/mol. The Balaban J connectivity index is 1.46. The number of pyridine rings is 1. The molecule has 1 N–H and O–H groups in total. The first-order valence-electron chi connectivity index (χ1n) is 11.7. The lowest BCUT2D eigenvalue weighted by molar-refractivity contribution is -0.120. The summed E-state index contributed by atoms with van der Waals surface area (Å²) >= 11 is 0. The highest BCUT2D eigenvalue weighted by molar-refractivity contribution is 5.92. The van der Waals surface area contributed by atoms with Gasteiger partial charge in [0.25, 0.3) is 0 Å². The summed E-state index contributed by atoms with van der Waals surface area (Å²) in [5.41, 5.74) is 7.09. The number of piperidine rings is 1. The van der Waals surface area contributed by atoms with Gasteiger partial charge in [0, 0.05) is 29.1 Å². The first-order valence-corrected chi connectivity index (χ1v) is 11.7. The minimum Gasteiger partial charge on any atom is -0.354 e. The van der Waals surface area contributed by atoms with Gasteiger partial charge in [-0.1, -0.05) is 26.8 Å². The fraction of sp³-hybridized carbons (Fsp3) is 0.423. The number of rotatable bonds is 6. The smallest absolute Gasteiger partial charge is 0.155 e. The van der Waals surface area contributed by atoms with Crippen molar-refractivity contribution in [2.24, 2.45) is 0 Å². The Morgan fingerprint density at radius 1 is 1.19 bits per heavy atom. The summed E-state index contributed by atoms with van der Waals surface area (Å²) in [4.78, 5) is 22.1. The molecule has 0 spiro atoms. The van der Waals surface area contributed by atoms with Crippen LogP contribution in [0.2, 0.25) is 0 Å². The van der Waals surface area contributed by atoms with Gasteiger partial charge in [0.05, 0.1) is 12.2 Å². The fourth-order valence-corrected chi connectivity index (χ4v) is 5.06. The molecule has 166 valence electrons. The molecule has 1 aliphatic heterocycles. The van der Waals surface area contributed by atoms with E-state index in [0.717, 1.165) is 42.8 Å². The molecule has 1 aromatic carbocycles. The molecule has 0 radical (unpaired) electrons. The number of aromatic amines is 1. The number of likely N-dealkylation sites (tertiary alicyclic amines) is 1. The summed E-state index contributed by atoms with van der Waals surface area (Å²) in [6.07, 6.45) is 6.49. The maximum atomic E-state index is 11.8. The monoisotopic (exact) mass is 429 g/mol. The van der Waals surface area contributed by atoms with Crippen LogP contribution >= 0.6 is 0 Å². The predicted molar refractivity (Wildman–Crippen MR) is 128 cm³/mol. The lowest BCUT2D eigenvalue weighted by Crippen LogP contribution is -2.36. The van der Waals surface area contributed by atoms with Crippen LogP contribution in [0, 0.1) is 0 Å². The zero-order chi connectivity index (χ0) is 22.2. The molecule has 0 bridgehead atoms. The zero-order valence-electron chi connectivity index (χ0n) is 19.1. The summed E-state index contributed by atoms with van der Waals surface area (Å²) < 4.78 is 1.83. The van der Waals surface area contributed by atoms with Crippen molar-refractivity contribution < 1.29 is 4.79 Å². The molecular formula is C26H31N5O. The Bertz CT molecular complexity index is 1260. The largest absolute Gasteiger partial charge is 0.354 e. The van der Waals surface area contributed by atoms with E-state index in [4.69, 9.17) is 0 Å². The summed E-state index contributed by atoms with van der Waals surface area (Å²) in [5, 5.41) is 5.62. The van der Waals surface area contributed by atoms with Crippen LogP contribution in [0.1, 0.15) is 63.0 Å². The van der Waals surface area contributed by atoms with E-state index in [1.807, 2.05) is 23.7 Å². The number of nitrogens with zero attached hydrogens (tertiary/aromatic N) is 4. The summed E-state index contributed by atoms with van der Waals surface area (Å²) in [6, 6.07) is 11.1. The van der Waals surface area contributed by atoms with E-state index in [1.54, 1.807) is 6.33 Å². The first-order chi connectivity index (χ1) is 15.5. The molecule has 0 saturated carbocycles. The molecule has 4 heterocycles. The molecule has 1 fully saturated rings.